The molecule has 1 aliphatic heterocycles. The van der Waals surface area contributed by atoms with Gasteiger partial charge in [-0.3, -0.25) is 9.59 Å². The van der Waals surface area contributed by atoms with Crippen LogP contribution in [0.5, 0.6) is 5.75 Å². The Kier molecular flexibility index (Phi) is 7.26. The van der Waals surface area contributed by atoms with E-state index in [0.29, 0.717) is 32.7 Å². The molecule has 1 fully saturated rings. The van der Waals surface area contributed by atoms with Crippen LogP contribution in [0.4, 0.5) is 16.2 Å². The van der Waals surface area contributed by atoms with Gasteiger partial charge in [-0.25, -0.2) is 14.6 Å². The lowest BCUT2D eigenvalue weighted by atomic mass is 10.0. The monoisotopic (exact) mass is 542 g/mol. The van der Waals surface area contributed by atoms with E-state index in [9.17, 15) is 14.4 Å². The van der Waals surface area contributed by atoms with E-state index in [4.69, 9.17) is 27.9 Å². The number of imide groups is 2. The molecule has 38 heavy (non-hydrogen) atoms. The Hall–Kier alpha value is -4.39. The van der Waals surface area contributed by atoms with Crippen molar-refractivity contribution in [3.05, 3.63) is 130 Å². The Morgan fingerprint density at radius 2 is 1.24 bits per heavy atom. The van der Waals surface area contributed by atoms with E-state index >= 15 is 0 Å². The molecule has 6 nitrogen and oxygen atoms in total. The summed E-state index contributed by atoms with van der Waals surface area (Å²) in [6, 6.07) is 28.4. The molecule has 8 heteroatoms. The van der Waals surface area contributed by atoms with Crippen LogP contribution in [0.15, 0.2) is 109 Å². The third kappa shape index (κ3) is 5.18. The second kappa shape index (κ2) is 10.9. The zero-order valence-corrected chi connectivity index (χ0v) is 21.4. The van der Waals surface area contributed by atoms with Crippen molar-refractivity contribution in [2.24, 2.45) is 0 Å². The smallest absolute Gasteiger partial charge is 0.343 e. The number of barbiturate groups is 1. The first kappa shape index (κ1) is 25.3. The van der Waals surface area contributed by atoms with Gasteiger partial charge in [-0.1, -0.05) is 77.8 Å². The van der Waals surface area contributed by atoms with Crippen LogP contribution in [-0.2, 0) is 16.2 Å². The minimum absolute atomic E-state index is 0.178. The van der Waals surface area contributed by atoms with Gasteiger partial charge in [0.15, 0.2) is 0 Å². The largest absolute Gasteiger partial charge is 0.487 e. The molecule has 4 amide bonds. The molecule has 0 atom stereocenters. The summed E-state index contributed by atoms with van der Waals surface area (Å²) in [4.78, 5) is 42.3. The zero-order chi connectivity index (χ0) is 26.6. The third-order valence-corrected chi connectivity index (χ3v) is 6.40. The number of carbonyl (C=O) groups excluding carboxylic acids is 3. The van der Waals surface area contributed by atoms with Crippen molar-refractivity contribution >= 4 is 58.5 Å². The summed E-state index contributed by atoms with van der Waals surface area (Å²) in [6.45, 7) is 0.286. The zero-order valence-electron chi connectivity index (χ0n) is 19.9. The summed E-state index contributed by atoms with van der Waals surface area (Å²) in [6.07, 6.45) is 1.43. The maximum Gasteiger partial charge on any atom is 0.343 e. The summed E-state index contributed by atoms with van der Waals surface area (Å²) in [7, 11) is 0. The fourth-order valence-corrected chi connectivity index (χ4v) is 4.34. The van der Waals surface area contributed by atoms with Gasteiger partial charge in [-0.2, -0.15) is 0 Å². The number of hydrogen-bond donors (Lipinski definition) is 0. The topological polar surface area (TPSA) is 66.9 Å². The molecular weight excluding hydrogens is 523 g/mol. The van der Waals surface area contributed by atoms with Crippen LogP contribution >= 0.6 is 23.2 Å². The van der Waals surface area contributed by atoms with E-state index in [1.54, 1.807) is 91.0 Å². The first-order chi connectivity index (χ1) is 18.4. The number of para-hydroxylation sites is 2. The lowest BCUT2D eigenvalue weighted by Gasteiger charge is -2.33. The molecule has 0 spiro atoms. The van der Waals surface area contributed by atoms with Gasteiger partial charge in [0, 0.05) is 5.02 Å². The maximum absolute atomic E-state index is 13.5. The molecule has 1 heterocycles. The van der Waals surface area contributed by atoms with E-state index in [2.05, 4.69) is 0 Å². The fraction of sp³-hybridized carbons (Fsp3) is 0.0333. The van der Waals surface area contributed by atoms with Gasteiger partial charge in [-0.05, 0) is 65.7 Å². The lowest BCUT2D eigenvalue weighted by Crippen LogP contribution is -2.57. The average molecular weight is 543 g/mol. The molecule has 0 N–H and O–H groups in total. The van der Waals surface area contributed by atoms with Crippen molar-refractivity contribution in [3.63, 3.8) is 0 Å². The molecule has 4 aromatic carbocycles. The number of halogens is 2. The molecule has 1 aliphatic rings. The number of hydrogen-bond acceptors (Lipinski definition) is 4. The number of nitrogens with zero attached hydrogens (tertiary/aromatic N) is 2. The van der Waals surface area contributed by atoms with Crippen molar-refractivity contribution in [2.45, 2.75) is 6.61 Å². The summed E-state index contributed by atoms with van der Waals surface area (Å²) >= 11 is 12.4. The summed E-state index contributed by atoms with van der Waals surface area (Å²) in [5.74, 6) is -1.01. The van der Waals surface area contributed by atoms with Gasteiger partial charge in [0.25, 0.3) is 11.8 Å². The Morgan fingerprint density at radius 1 is 0.684 bits per heavy atom. The fourth-order valence-electron chi connectivity index (χ4n) is 3.97. The molecule has 4 aromatic rings. The molecule has 0 saturated carbocycles. The number of anilines is 2. The highest BCUT2D eigenvalue weighted by Crippen LogP contribution is 2.31. The molecular formula is C30H20Cl2N2O4. The Balaban J connectivity index is 1.47. The molecule has 0 unspecified atom stereocenters. The third-order valence-electron chi connectivity index (χ3n) is 5.85. The van der Waals surface area contributed by atoms with Crippen LogP contribution in [0.3, 0.4) is 0 Å². The number of ether oxygens (including phenoxy) is 1. The Morgan fingerprint density at radius 3 is 1.76 bits per heavy atom. The van der Waals surface area contributed by atoms with Gasteiger partial charge < -0.3 is 4.74 Å². The highest BCUT2D eigenvalue weighted by Gasteiger charge is 2.43. The Bertz CT molecular complexity index is 1470. The highest BCUT2D eigenvalue weighted by molar-refractivity contribution is 6.46. The number of rotatable bonds is 6. The Labute approximate surface area is 229 Å². The van der Waals surface area contributed by atoms with Crippen LogP contribution in [0, 0.1) is 0 Å². The van der Waals surface area contributed by atoms with Crippen LogP contribution in [-0.4, -0.2) is 17.8 Å². The van der Waals surface area contributed by atoms with E-state index in [1.165, 1.54) is 6.08 Å². The van der Waals surface area contributed by atoms with Gasteiger partial charge in [0.1, 0.15) is 17.9 Å². The summed E-state index contributed by atoms with van der Waals surface area (Å²) in [5.41, 5.74) is 1.95. The van der Waals surface area contributed by atoms with Crippen molar-refractivity contribution < 1.29 is 19.1 Å². The van der Waals surface area contributed by atoms with E-state index in [1.807, 2.05) is 12.1 Å². The normalized spacial score (nSPS) is 13.6. The van der Waals surface area contributed by atoms with E-state index in [-0.39, 0.29) is 12.2 Å². The highest BCUT2D eigenvalue weighted by atomic mass is 35.5. The van der Waals surface area contributed by atoms with E-state index < -0.39 is 17.8 Å². The minimum Gasteiger partial charge on any atom is -0.487 e. The predicted molar refractivity (Wildman–Crippen MR) is 148 cm³/mol. The van der Waals surface area contributed by atoms with Crippen molar-refractivity contribution in [1.29, 1.82) is 0 Å². The molecule has 0 aromatic heterocycles. The minimum atomic E-state index is -0.751. The molecule has 5 rings (SSSR count). The number of amides is 4. The van der Waals surface area contributed by atoms with E-state index in [0.717, 1.165) is 15.4 Å². The van der Waals surface area contributed by atoms with Crippen LogP contribution in [0.2, 0.25) is 10.0 Å². The SMILES string of the molecule is O=C1C(=Cc2ccc(OCc3ccc(Cl)cc3)c(Cl)c2)C(=O)N(c2ccccc2)C(=O)N1c1ccccc1. The van der Waals surface area contributed by atoms with Crippen LogP contribution < -0.4 is 14.5 Å². The molecule has 0 bridgehead atoms. The average Bonchev–Trinajstić information content (AvgIpc) is 2.93. The molecule has 0 aliphatic carbocycles. The second-order valence-electron chi connectivity index (χ2n) is 8.40. The van der Waals surface area contributed by atoms with Crippen molar-refractivity contribution in [2.75, 3.05) is 9.80 Å². The summed E-state index contributed by atoms with van der Waals surface area (Å²) < 4.78 is 5.82. The first-order valence-corrected chi connectivity index (χ1v) is 12.4. The van der Waals surface area contributed by atoms with Crippen LogP contribution in [0.25, 0.3) is 6.08 Å². The van der Waals surface area contributed by atoms with Gasteiger partial charge in [-0.15, -0.1) is 0 Å². The number of urea groups is 1. The van der Waals surface area contributed by atoms with Crippen LogP contribution in [0.1, 0.15) is 11.1 Å². The quantitative estimate of drug-likeness (QED) is 0.191. The second-order valence-corrected chi connectivity index (χ2v) is 9.24. The maximum atomic E-state index is 13.5. The molecule has 0 radical (unpaired) electrons. The number of carbonyl (C=O) groups is 3. The molecule has 1 saturated heterocycles. The number of benzene rings is 4. The standard InChI is InChI=1S/C30H20Cl2N2O4/c31-22-14-11-20(12-15-22)19-38-27-16-13-21(18-26(27)32)17-25-28(35)33(23-7-3-1-4-8-23)30(37)34(29(25)36)24-9-5-2-6-10-24/h1-18H,19H2. The van der Waals surface area contributed by atoms with Gasteiger partial charge in [0.2, 0.25) is 0 Å². The lowest BCUT2D eigenvalue weighted by molar-refractivity contribution is -0.121. The molecule has 188 valence electrons. The predicted octanol–water partition coefficient (Wildman–Crippen LogP) is 7.16. The van der Waals surface area contributed by atoms with Gasteiger partial charge >= 0.3 is 6.03 Å². The van der Waals surface area contributed by atoms with Crippen molar-refractivity contribution in [3.8, 4) is 5.75 Å². The summed E-state index contributed by atoms with van der Waals surface area (Å²) in [5, 5.41) is 0.939. The first-order valence-electron chi connectivity index (χ1n) is 11.6. The van der Waals surface area contributed by atoms with Crippen molar-refractivity contribution in [1.82, 2.24) is 0 Å². The van der Waals surface area contributed by atoms with Gasteiger partial charge in [0.05, 0.1) is 16.4 Å².